The van der Waals surface area contributed by atoms with Crippen LogP contribution < -0.4 is 9.44 Å². The predicted molar refractivity (Wildman–Crippen MR) is 139 cm³/mol. The summed E-state index contributed by atoms with van der Waals surface area (Å²) in [6.07, 6.45) is 0.0347. The third-order valence-electron chi connectivity index (χ3n) is 4.00. The molecule has 0 saturated carbocycles. The van der Waals surface area contributed by atoms with Gasteiger partial charge in [-0.05, 0) is 12.1 Å². The summed E-state index contributed by atoms with van der Waals surface area (Å²) in [6, 6.07) is 1.29. The largest absolute Gasteiger partial charge is 0.326 e. The standard InChI is InChI=1S/C16H39N4O11PS2Si2/c1-35(2,3)13-11-28-19(15-21)33(24,25)17-7-9-30-32(23)31-10-8-18-34(26,27)20(16-22)29-12-14-36(4,5)6/h15-18,32H,7-14H2,1-6H3. The third kappa shape index (κ3) is 16.9. The fourth-order valence-corrected chi connectivity index (χ4v) is 5.59. The van der Waals surface area contributed by atoms with Crippen LogP contribution in [0.15, 0.2) is 0 Å². The van der Waals surface area contributed by atoms with Crippen LogP contribution in [0.3, 0.4) is 0 Å². The normalized spacial score (nSPS) is 13.1. The molecule has 0 aromatic heterocycles. The summed E-state index contributed by atoms with van der Waals surface area (Å²) in [5.74, 6) is 0. The van der Waals surface area contributed by atoms with E-state index in [4.69, 9.17) is 18.7 Å². The Labute approximate surface area is 216 Å². The third-order valence-corrected chi connectivity index (χ3v) is 10.8. The van der Waals surface area contributed by atoms with Gasteiger partial charge in [-0.25, -0.2) is 0 Å². The van der Waals surface area contributed by atoms with Crippen molar-refractivity contribution in [3.63, 3.8) is 0 Å². The summed E-state index contributed by atoms with van der Waals surface area (Å²) < 4.78 is 74.2. The highest BCUT2D eigenvalue weighted by Crippen LogP contribution is 2.22. The van der Waals surface area contributed by atoms with Gasteiger partial charge >= 0.3 is 28.7 Å². The SMILES string of the molecule is C[Si](C)(C)CCON(C=O)S(=O)(=O)NCCO[PH](=O)OCCNS(=O)(=O)N(C=O)OCC[Si](C)(C)C. The number of carbonyl (C=O) groups excluding carboxylic acids is 2. The molecule has 0 aromatic carbocycles. The zero-order chi connectivity index (χ0) is 28.0. The van der Waals surface area contributed by atoms with E-state index in [1.54, 1.807) is 0 Å². The van der Waals surface area contributed by atoms with Crippen molar-refractivity contribution >= 4 is 57.6 Å². The van der Waals surface area contributed by atoms with E-state index >= 15 is 0 Å². The summed E-state index contributed by atoms with van der Waals surface area (Å²) in [4.78, 5) is 32.1. The lowest BCUT2D eigenvalue weighted by Gasteiger charge is -2.20. The van der Waals surface area contributed by atoms with Gasteiger partial charge in [0.15, 0.2) is 0 Å². The Morgan fingerprint density at radius 2 is 1.03 bits per heavy atom. The molecule has 15 nitrogen and oxygen atoms in total. The lowest BCUT2D eigenvalue weighted by atomic mass is 10.8. The molecule has 0 aliphatic carbocycles. The summed E-state index contributed by atoms with van der Waals surface area (Å²) >= 11 is 0. The van der Waals surface area contributed by atoms with Crippen LogP contribution >= 0.6 is 8.25 Å². The van der Waals surface area contributed by atoms with Crippen LogP contribution in [0.25, 0.3) is 0 Å². The maximum absolute atomic E-state index is 12.1. The lowest BCUT2D eigenvalue weighted by Crippen LogP contribution is -2.42. The Morgan fingerprint density at radius 3 is 1.31 bits per heavy atom. The molecule has 0 saturated heterocycles. The quantitative estimate of drug-likeness (QED) is 0.0569. The van der Waals surface area contributed by atoms with E-state index in [9.17, 15) is 31.0 Å². The number of hydrogen-bond acceptors (Lipinski definition) is 11. The van der Waals surface area contributed by atoms with Gasteiger partial charge in [-0.2, -0.15) is 26.3 Å². The van der Waals surface area contributed by atoms with E-state index in [0.29, 0.717) is 12.1 Å². The summed E-state index contributed by atoms with van der Waals surface area (Å²) in [5.41, 5.74) is 0. The summed E-state index contributed by atoms with van der Waals surface area (Å²) in [6.45, 7) is 11.1. The maximum Gasteiger partial charge on any atom is 0.326 e. The second-order valence-electron chi connectivity index (χ2n) is 9.76. The van der Waals surface area contributed by atoms with Gasteiger partial charge in [0, 0.05) is 29.2 Å². The molecular weight excluding hydrogens is 575 g/mol. The van der Waals surface area contributed by atoms with Crippen LogP contribution in [0.4, 0.5) is 0 Å². The Morgan fingerprint density at radius 1 is 0.694 bits per heavy atom. The van der Waals surface area contributed by atoms with E-state index < -0.39 is 44.8 Å². The molecule has 0 atom stereocenters. The topological polar surface area (TPSA) is 187 Å². The molecule has 2 amide bonds. The van der Waals surface area contributed by atoms with E-state index in [0.717, 1.165) is 0 Å². The number of nitrogens with one attached hydrogen (secondary N) is 2. The van der Waals surface area contributed by atoms with Crippen molar-refractivity contribution in [1.82, 2.24) is 18.4 Å². The highest BCUT2D eigenvalue weighted by Gasteiger charge is 2.24. The molecule has 20 heteroatoms. The minimum atomic E-state index is -4.27. The van der Waals surface area contributed by atoms with E-state index in [1.165, 1.54) is 0 Å². The molecule has 2 N–H and O–H groups in total. The average Bonchev–Trinajstić information content (AvgIpc) is 2.73. The van der Waals surface area contributed by atoms with Crippen molar-refractivity contribution in [3.05, 3.63) is 0 Å². The number of hydrogen-bond donors (Lipinski definition) is 2. The van der Waals surface area contributed by atoms with Crippen LogP contribution in [-0.2, 0) is 53.3 Å². The zero-order valence-electron chi connectivity index (χ0n) is 21.5. The Kier molecular flexibility index (Phi) is 15.9. The number of nitrogens with zero attached hydrogens (tertiary/aromatic N) is 2. The van der Waals surface area contributed by atoms with Crippen molar-refractivity contribution in [2.75, 3.05) is 39.5 Å². The molecule has 214 valence electrons. The maximum atomic E-state index is 12.1. The molecule has 0 radical (unpaired) electrons. The molecule has 0 bridgehead atoms. The minimum absolute atomic E-state index is 0.0173. The summed E-state index contributed by atoms with van der Waals surface area (Å²) in [5, 5.41) is 0. The van der Waals surface area contributed by atoms with Gasteiger partial charge in [-0.15, -0.1) is 0 Å². The monoisotopic (exact) mass is 614 g/mol. The van der Waals surface area contributed by atoms with Crippen LogP contribution in [-0.4, -0.2) is 94.3 Å². The highest BCUT2D eigenvalue weighted by atomic mass is 32.2. The van der Waals surface area contributed by atoms with Crippen molar-refractivity contribution in [3.8, 4) is 0 Å². The predicted octanol–water partition coefficient (Wildman–Crippen LogP) is 0.535. The van der Waals surface area contributed by atoms with E-state index in [2.05, 4.69) is 48.7 Å². The molecule has 0 aliphatic heterocycles. The number of rotatable bonds is 22. The van der Waals surface area contributed by atoms with Gasteiger partial charge in [-0.3, -0.25) is 23.8 Å². The highest BCUT2D eigenvalue weighted by molar-refractivity contribution is 7.87. The van der Waals surface area contributed by atoms with Crippen molar-refractivity contribution < 1.29 is 49.7 Å². The Hall–Kier alpha value is -0.736. The van der Waals surface area contributed by atoms with Crippen LogP contribution in [0.2, 0.25) is 51.4 Å². The van der Waals surface area contributed by atoms with Gasteiger partial charge in [0.25, 0.3) is 0 Å². The zero-order valence-corrected chi connectivity index (χ0v) is 26.1. The number of amides is 2. The molecular formula is C16H39N4O11PS2Si2. The van der Waals surface area contributed by atoms with Crippen molar-refractivity contribution in [2.24, 2.45) is 0 Å². The fourth-order valence-electron chi connectivity index (χ4n) is 1.98. The van der Waals surface area contributed by atoms with Gasteiger partial charge in [0.05, 0.1) is 26.4 Å². The van der Waals surface area contributed by atoms with E-state index in [-0.39, 0.29) is 61.3 Å². The van der Waals surface area contributed by atoms with Gasteiger partial charge in [0.2, 0.25) is 12.8 Å². The molecule has 0 heterocycles. The number of hydroxylamine groups is 2. The first-order valence-corrected chi connectivity index (χ1v) is 22.5. The van der Waals surface area contributed by atoms with Crippen LogP contribution in [0.1, 0.15) is 0 Å². The van der Waals surface area contributed by atoms with Crippen LogP contribution in [0, 0.1) is 0 Å². The van der Waals surface area contributed by atoms with Gasteiger partial charge < -0.3 is 9.05 Å². The molecule has 0 aliphatic rings. The smallest absolute Gasteiger partial charge is 0.309 e. The Bertz CT molecular complexity index is 840. The average molecular weight is 615 g/mol. The minimum Gasteiger partial charge on any atom is -0.309 e. The van der Waals surface area contributed by atoms with Gasteiger partial charge in [0.1, 0.15) is 0 Å². The molecule has 0 unspecified atom stereocenters. The Balaban J connectivity index is 4.29. The molecule has 0 aromatic rings. The molecule has 36 heavy (non-hydrogen) atoms. The first-order chi connectivity index (χ1) is 16.4. The molecule has 0 rings (SSSR count). The van der Waals surface area contributed by atoms with Crippen molar-refractivity contribution in [2.45, 2.75) is 51.4 Å². The van der Waals surface area contributed by atoms with Gasteiger partial charge in [-0.1, -0.05) is 48.2 Å². The number of carbonyl (C=O) groups is 2. The first kappa shape index (κ1) is 35.3. The van der Waals surface area contributed by atoms with Crippen molar-refractivity contribution in [1.29, 1.82) is 0 Å². The molecule has 0 spiro atoms. The van der Waals surface area contributed by atoms with E-state index in [1.807, 2.05) is 0 Å². The second kappa shape index (κ2) is 16.3. The lowest BCUT2D eigenvalue weighted by molar-refractivity contribution is -0.143. The summed E-state index contributed by atoms with van der Waals surface area (Å²) in [7, 11) is -14.6. The van der Waals surface area contributed by atoms with Crippen LogP contribution in [0.5, 0.6) is 0 Å². The first-order valence-electron chi connectivity index (χ1n) is 11.0. The second-order valence-corrected chi connectivity index (χ2v) is 25.3. The fraction of sp³-hybridized carbons (Fsp3) is 0.875. The molecule has 0 fully saturated rings.